The minimum atomic E-state index is -4.70. The van der Waals surface area contributed by atoms with E-state index in [4.69, 9.17) is 15.2 Å². The molecule has 0 heterocycles. The van der Waals surface area contributed by atoms with Crippen LogP contribution in [0.4, 0.5) is 13.2 Å². The Morgan fingerprint density at radius 2 is 1.95 bits per heavy atom. The van der Waals surface area contributed by atoms with Gasteiger partial charge in [0, 0.05) is 19.8 Å². The van der Waals surface area contributed by atoms with E-state index in [1.54, 1.807) is 13.2 Å². The highest BCUT2D eigenvalue weighted by Gasteiger charge is 2.31. The van der Waals surface area contributed by atoms with Gasteiger partial charge in [-0.3, -0.25) is 0 Å². The number of hydrogen-bond donors (Lipinski definition) is 1. The van der Waals surface area contributed by atoms with Gasteiger partial charge in [-0.1, -0.05) is 12.1 Å². The molecule has 1 unspecified atom stereocenters. The van der Waals surface area contributed by atoms with Crippen molar-refractivity contribution in [3.8, 4) is 5.75 Å². The van der Waals surface area contributed by atoms with Crippen molar-refractivity contribution in [2.45, 2.75) is 18.8 Å². The SMILES string of the molecule is COCCOCCC(N)c1cccc(OC(F)(F)F)c1. The second-order valence-electron chi connectivity index (χ2n) is 4.12. The monoisotopic (exact) mass is 293 g/mol. The van der Waals surface area contributed by atoms with E-state index in [1.807, 2.05) is 0 Å². The molecule has 0 spiro atoms. The first-order chi connectivity index (χ1) is 9.42. The van der Waals surface area contributed by atoms with Crippen LogP contribution in [0.1, 0.15) is 18.0 Å². The van der Waals surface area contributed by atoms with Crippen molar-refractivity contribution in [3.05, 3.63) is 29.8 Å². The first kappa shape index (κ1) is 16.7. The highest BCUT2D eigenvalue weighted by Crippen LogP contribution is 2.25. The molecule has 0 bridgehead atoms. The van der Waals surface area contributed by atoms with Crippen LogP contribution in [0.2, 0.25) is 0 Å². The van der Waals surface area contributed by atoms with Crippen LogP contribution in [0.3, 0.4) is 0 Å². The van der Waals surface area contributed by atoms with E-state index in [9.17, 15) is 13.2 Å². The molecule has 1 aromatic carbocycles. The molecular weight excluding hydrogens is 275 g/mol. The number of nitrogens with two attached hydrogens (primary N) is 1. The van der Waals surface area contributed by atoms with E-state index in [0.717, 1.165) is 0 Å². The second-order valence-corrected chi connectivity index (χ2v) is 4.12. The fraction of sp³-hybridized carbons (Fsp3) is 0.538. The Hall–Kier alpha value is -1.31. The zero-order valence-corrected chi connectivity index (χ0v) is 11.2. The summed E-state index contributed by atoms with van der Waals surface area (Å²) in [5, 5.41) is 0. The molecule has 20 heavy (non-hydrogen) atoms. The minimum Gasteiger partial charge on any atom is -0.406 e. The maximum absolute atomic E-state index is 12.1. The largest absolute Gasteiger partial charge is 0.573 e. The van der Waals surface area contributed by atoms with E-state index < -0.39 is 12.4 Å². The van der Waals surface area contributed by atoms with Crippen LogP contribution in [0.25, 0.3) is 0 Å². The lowest BCUT2D eigenvalue weighted by atomic mass is 10.1. The van der Waals surface area contributed by atoms with Crippen molar-refractivity contribution >= 4 is 0 Å². The standard InChI is InChI=1S/C13H18F3NO3/c1-18-7-8-19-6-5-12(17)10-3-2-4-11(9-10)20-13(14,15)16/h2-4,9,12H,5-8,17H2,1H3. The van der Waals surface area contributed by atoms with Gasteiger partial charge in [0.1, 0.15) is 5.75 Å². The number of hydrogen-bond acceptors (Lipinski definition) is 4. The van der Waals surface area contributed by atoms with Crippen molar-refractivity contribution in [1.29, 1.82) is 0 Å². The van der Waals surface area contributed by atoms with Crippen LogP contribution in [0.5, 0.6) is 5.75 Å². The van der Waals surface area contributed by atoms with Crippen LogP contribution in [0.15, 0.2) is 24.3 Å². The Morgan fingerprint density at radius 1 is 1.20 bits per heavy atom. The maximum Gasteiger partial charge on any atom is 0.573 e. The molecule has 0 radical (unpaired) electrons. The Balaban J connectivity index is 2.47. The molecule has 0 aliphatic carbocycles. The summed E-state index contributed by atoms with van der Waals surface area (Å²) in [6.07, 6.45) is -4.20. The van der Waals surface area contributed by atoms with Gasteiger partial charge in [-0.2, -0.15) is 0 Å². The fourth-order valence-electron chi connectivity index (χ4n) is 1.56. The van der Waals surface area contributed by atoms with Crippen LogP contribution >= 0.6 is 0 Å². The molecular formula is C13H18F3NO3. The third kappa shape index (κ3) is 6.74. The lowest BCUT2D eigenvalue weighted by molar-refractivity contribution is -0.274. The van der Waals surface area contributed by atoms with Crippen molar-refractivity contribution in [3.63, 3.8) is 0 Å². The van der Waals surface area contributed by atoms with Crippen LogP contribution in [0, 0.1) is 0 Å². The Labute approximate surface area is 115 Å². The van der Waals surface area contributed by atoms with Gasteiger partial charge in [-0.15, -0.1) is 13.2 Å². The summed E-state index contributed by atoms with van der Waals surface area (Å²) in [4.78, 5) is 0. The van der Waals surface area contributed by atoms with Gasteiger partial charge in [-0.25, -0.2) is 0 Å². The molecule has 0 aromatic heterocycles. The third-order valence-electron chi connectivity index (χ3n) is 2.52. The minimum absolute atomic E-state index is 0.272. The Bertz CT molecular complexity index is 399. The molecule has 4 nitrogen and oxygen atoms in total. The predicted molar refractivity (Wildman–Crippen MR) is 67.4 cm³/mol. The molecule has 0 amide bonds. The number of alkyl halides is 3. The number of ether oxygens (including phenoxy) is 3. The molecule has 0 saturated heterocycles. The van der Waals surface area contributed by atoms with Gasteiger partial charge in [0.15, 0.2) is 0 Å². The van der Waals surface area contributed by atoms with E-state index in [1.165, 1.54) is 18.2 Å². The molecule has 2 N–H and O–H groups in total. The lowest BCUT2D eigenvalue weighted by Crippen LogP contribution is -2.18. The average molecular weight is 293 g/mol. The topological polar surface area (TPSA) is 53.7 Å². The molecule has 1 rings (SSSR count). The Kier molecular flexibility index (Phi) is 6.77. The molecule has 7 heteroatoms. The second kappa shape index (κ2) is 8.08. The third-order valence-corrected chi connectivity index (χ3v) is 2.52. The van der Waals surface area contributed by atoms with Crippen LogP contribution in [-0.2, 0) is 9.47 Å². The summed E-state index contributed by atoms with van der Waals surface area (Å²) in [5.74, 6) is -0.272. The van der Waals surface area contributed by atoms with Crippen LogP contribution in [-0.4, -0.2) is 33.3 Å². The van der Waals surface area contributed by atoms with Crippen molar-refractivity contribution in [2.75, 3.05) is 26.9 Å². The molecule has 114 valence electrons. The number of methoxy groups -OCH3 is 1. The van der Waals surface area contributed by atoms with Crippen LogP contribution < -0.4 is 10.5 Å². The van der Waals surface area contributed by atoms with Gasteiger partial charge < -0.3 is 19.9 Å². The lowest BCUT2D eigenvalue weighted by Gasteiger charge is -2.14. The smallest absolute Gasteiger partial charge is 0.406 e. The zero-order chi connectivity index (χ0) is 15.0. The highest BCUT2D eigenvalue weighted by molar-refractivity contribution is 5.30. The van der Waals surface area contributed by atoms with Gasteiger partial charge in [0.2, 0.25) is 0 Å². The van der Waals surface area contributed by atoms with Gasteiger partial charge in [0.05, 0.1) is 13.2 Å². The molecule has 0 aliphatic heterocycles. The van der Waals surface area contributed by atoms with Gasteiger partial charge >= 0.3 is 6.36 Å². The van der Waals surface area contributed by atoms with E-state index in [-0.39, 0.29) is 5.75 Å². The fourth-order valence-corrected chi connectivity index (χ4v) is 1.56. The van der Waals surface area contributed by atoms with E-state index >= 15 is 0 Å². The molecule has 0 saturated carbocycles. The predicted octanol–water partition coefficient (Wildman–Crippen LogP) is 2.64. The zero-order valence-electron chi connectivity index (χ0n) is 11.2. The first-order valence-electron chi connectivity index (χ1n) is 6.10. The number of rotatable bonds is 8. The van der Waals surface area contributed by atoms with Crippen molar-refractivity contribution in [2.24, 2.45) is 5.73 Å². The Morgan fingerprint density at radius 3 is 2.60 bits per heavy atom. The first-order valence-corrected chi connectivity index (χ1v) is 6.10. The quantitative estimate of drug-likeness (QED) is 0.749. The summed E-state index contributed by atoms with van der Waals surface area (Å²) in [7, 11) is 1.57. The number of benzene rings is 1. The summed E-state index contributed by atoms with van der Waals surface area (Å²) in [5.41, 5.74) is 6.47. The van der Waals surface area contributed by atoms with E-state index in [2.05, 4.69) is 4.74 Å². The highest BCUT2D eigenvalue weighted by atomic mass is 19.4. The normalized spacial score (nSPS) is 13.2. The van der Waals surface area contributed by atoms with Gasteiger partial charge in [-0.05, 0) is 24.1 Å². The van der Waals surface area contributed by atoms with E-state index in [0.29, 0.717) is 31.8 Å². The van der Waals surface area contributed by atoms with Crippen molar-refractivity contribution < 1.29 is 27.4 Å². The summed E-state index contributed by atoms with van der Waals surface area (Å²) in [6, 6.07) is 5.24. The summed E-state index contributed by atoms with van der Waals surface area (Å²) < 4.78 is 50.3. The molecule has 1 aromatic rings. The summed E-state index contributed by atoms with van der Waals surface area (Å²) in [6.45, 7) is 1.36. The number of halogens is 3. The molecule has 0 fully saturated rings. The average Bonchev–Trinajstić information content (AvgIpc) is 2.36. The maximum atomic E-state index is 12.1. The van der Waals surface area contributed by atoms with Crippen molar-refractivity contribution in [1.82, 2.24) is 0 Å². The molecule has 0 aliphatic rings. The van der Waals surface area contributed by atoms with Gasteiger partial charge in [0.25, 0.3) is 0 Å². The molecule has 1 atom stereocenters. The summed E-state index contributed by atoms with van der Waals surface area (Å²) >= 11 is 0.